The van der Waals surface area contributed by atoms with Gasteiger partial charge in [0.25, 0.3) is 0 Å². The van der Waals surface area contributed by atoms with Crippen LogP contribution in [-0.4, -0.2) is 16.7 Å². The maximum atomic E-state index is 5.53. The third kappa shape index (κ3) is 2.58. The molecule has 0 aromatic carbocycles. The lowest BCUT2D eigenvalue weighted by molar-refractivity contribution is 0.351. The van der Waals surface area contributed by atoms with Crippen molar-refractivity contribution in [3.8, 4) is 0 Å². The number of rotatable bonds is 3. The van der Waals surface area contributed by atoms with Gasteiger partial charge in [-0.1, -0.05) is 24.2 Å². The standard InChI is InChI=1S/C10H15N3O.ClH/c1-7(6-11)9-12-10(14-13-9)8-4-2-3-5-8;/h2-3,7-8H,4-6,11H2,1H3;1H. The second-order valence-electron chi connectivity index (χ2n) is 3.77. The third-order valence-corrected chi connectivity index (χ3v) is 2.61. The first-order valence-electron chi connectivity index (χ1n) is 5.00. The van der Waals surface area contributed by atoms with E-state index in [0.29, 0.717) is 12.5 Å². The summed E-state index contributed by atoms with van der Waals surface area (Å²) in [4.78, 5) is 4.37. The van der Waals surface area contributed by atoms with Crippen LogP contribution in [-0.2, 0) is 0 Å². The van der Waals surface area contributed by atoms with Crippen LogP contribution in [0.5, 0.6) is 0 Å². The van der Waals surface area contributed by atoms with E-state index in [-0.39, 0.29) is 18.3 Å². The highest BCUT2D eigenvalue weighted by atomic mass is 35.5. The van der Waals surface area contributed by atoms with Gasteiger partial charge in [0, 0.05) is 18.4 Å². The average molecular weight is 230 g/mol. The number of halogens is 1. The molecule has 1 unspecified atom stereocenters. The molecule has 0 saturated carbocycles. The maximum Gasteiger partial charge on any atom is 0.230 e. The quantitative estimate of drug-likeness (QED) is 0.805. The minimum absolute atomic E-state index is 0. The highest BCUT2D eigenvalue weighted by Gasteiger charge is 2.21. The first kappa shape index (κ1) is 12.2. The molecule has 84 valence electrons. The molecule has 0 radical (unpaired) electrons. The molecule has 1 aliphatic rings. The second-order valence-corrected chi connectivity index (χ2v) is 3.77. The molecule has 0 aliphatic heterocycles. The van der Waals surface area contributed by atoms with Crippen molar-refractivity contribution in [2.75, 3.05) is 6.54 Å². The van der Waals surface area contributed by atoms with Crippen molar-refractivity contribution in [1.29, 1.82) is 0 Å². The normalized spacial score (nSPS) is 17.7. The Balaban J connectivity index is 0.00000112. The monoisotopic (exact) mass is 229 g/mol. The lowest BCUT2D eigenvalue weighted by Gasteiger charge is -2.01. The number of allylic oxidation sites excluding steroid dienone is 2. The van der Waals surface area contributed by atoms with Gasteiger partial charge in [-0.15, -0.1) is 12.4 Å². The van der Waals surface area contributed by atoms with Crippen LogP contribution < -0.4 is 5.73 Å². The van der Waals surface area contributed by atoms with Gasteiger partial charge in [0.05, 0.1) is 0 Å². The van der Waals surface area contributed by atoms with Crippen LogP contribution in [0.2, 0.25) is 0 Å². The summed E-state index contributed by atoms with van der Waals surface area (Å²) in [5, 5.41) is 3.94. The van der Waals surface area contributed by atoms with Gasteiger partial charge < -0.3 is 10.3 Å². The SMILES string of the molecule is CC(CN)c1noc(C2CC=CC2)n1.Cl. The second kappa shape index (κ2) is 5.28. The summed E-state index contributed by atoms with van der Waals surface area (Å²) in [6.45, 7) is 2.56. The van der Waals surface area contributed by atoms with Crippen LogP contribution in [0.4, 0.5) is 0 Å². The zero-order valence-corrected chi connectivity index (χ0v) is 9.54. The van der Waals surface area contributed by atoms with Crippen LogP contribution in [0.25, 0.3) is 0 Å². The minimum atomic E-state index is 0. The summed E-state index contributed by atoms with van der Waals surface area (Å²) >= 11 is 0. The average Bonchev–Trinajstić information content (AvgIpc) is 2.86. The number of hydrogen-bond acceptors (Lipinski definition) is 4. The number of nitrogens with zero attached hydrogens (tertiary/aromatic N) is 2. The van der Waals surface area contributed by atoms with E-state index in [1.54, 1.807) is 0 Å². The van der Waals surface area contributed by atoms with Gasteiger partial charge in [-0.3, -0.25) is 0 Å². The Labute approximate surface area is 95.3 Å². The van der Waals surface area contributed by atoms with Gasteiger partial charge in [0.15, 0.2) is 5.82 Å². The molecular formula is C10H16ClN3O. The van der Waals surface area contributed by atoms with E-state index in [1.807, 2.05) is 6.92 Å². The van der Waals surface area contributed by atoms with Crippen LogP contribution in [0, 0.1) is 0 Å². The van der Waals surface area contributed by atoms with E-state index in [2.05, 4.69) is 22.3 Å². The molecule has 1 aliphatic carbocycles. The van der Waals surface area contributed by atoms with Gasteiger partial charge >= 0.3 is 0 Å². The van der Waals surface area contributed by atoms with Crippen molar-refractivity contribution in [2.24, 2.45) is 5.73 Å². The summed E-state index contributed by atoms with van der Waals surface area (Å²) in [7, 11) is 0. The summed E-state index contributed by atoms with van der Waals surface area (Å²) < 4.78 is 5.21. The van der Waals surface area contributed by atoms with Crippen LogP contribution >= 0.6 is 12.4 Å². The highest BCUT2D eigenvalue weighted by molar-refractivity contribution is 5.85. The molecule has 1 heterocycles. The Bertz CT molecular complexity index is 329. The molecule has 0 saturated heterocycles. The lowest BCUT2D eigenvalue weighted by Crippen LogP contribution is -2.10. The summed E-state index contributed by atoms with van der Waals surface area (Å²) in [5.74, 6) is 2.06. The molecule has 1 aromatic rings. The minimum Gasteiger partial charge on any atom is -0.339 e. The predicted molar refractivity (Wildman–Crippen MR) is 60.1 cm³/mol. The van der Waals surface area contributed by atoms with Gasteiger partial charge in [0.2, 0.25) is 5.89 Å². The first-order chi connectivity index (χ1) is 6.81. The largest absolute Gasteiger partial charge is 0.339 e. The topological polar surface area (TPSA) is 64.9 Å². The molecule has 0 fully saturated rings. The zero-order chi connectivity index (χ0) is 9.97. The molecule has 0 spiro atoms. The van der Waals surface area contributed by atoms with Gasteiger partial charge in [-0.2, -0.15) is 4.98 Å². The Morgan fingerprint density at radius 3 is 2.80 bits per heavy atom. The fourth-order valence-electron chi connectivity index (χ4n) is 1.54. The van der Waals surface area contributed by atoms with Gasteiger partial charge in [0.1, 0.15) is 0 Å². The molecular weight excluding hydrogens is 214 g/mol. The smallest absolute Gasteiger partial charge is 0.230 e. The fraction of sp³-hybridized carbons (Fsp3) is 0.600. The highest BCUT2D eigenvalue weighted by Crippen LogP contribution is 2.28. The van der Waals surface area contributed by atoms with Crippen molar-refractivity contribution in [3.05, 3.63) is 23.9 Å². The Morgan fingerprint density at radius 1 is 1.53 bits per heavy atom. The molecule has 4 nitrogen and oxygen atoms in total. The van der Waals surface area contributed by atoms with Crippen LogP contribution in [0.1, 0.15) is 43.3 Å². The third-order valence-electron chi connectivity index (χ3n) is 2.61. The summed E-state index contributed by atoms with van der Waals surface area (Å²) in [6.07, 6.45) is 6.33. The van der Waals surface area contributed by atoms with Gasteiger partial charge in [-0.05, 0) is 12.8 Å². The molecule has 0 amide bonds. The number of aromatic nitrogens is 2. The van der Waals surface area contributed by atoms with E-state index >= 15 is 0 Å². The van der Waals surface area contributed by atoms with Gasteiger partial charge in [-0.25, -0.2) is 0 Å². The van der Waals surface area contributed by atoms with E-state index in [9.17, 15) is 0 Å². The van der Waals surface area contributed by atoms with Crippen LogP contribution in [0.3, 0.4) is 0 Å². The zero-order valence-electron chi connectivity index (χ0n) is 8.72. The van der Waals surface area contributed by atoms with Crippen molar-refractivity contribution < 1.29 is 4.52 Å². The summed E-state index contributed by atoms with van der Waals surface area (Å²) in [6, 6.07) is 0. The summed E-state index contributed by atoms with van der Waals surface area (Å²) in [5.41, 5.74) is 5.53. The van der Waals surface area contributed by atoms with E-state index in [0.717, 1.165) is 24.6 Å². The van der Waals surface area contributed by atoms with Crippen molar-refractivity contribution >= 4 is 12.4 Å². The van der Waals surface area contributed by atoms with E-state index in [4.69, 9.17) is 10.3 Å². The lowest BCUT2D eigenvalue weighted by atomic mass is 10.1. The first-order valence-corrected chi connectivity index (χ1v) is 5.00. The van der Waals surface area contributed by atoms with E-state index < -0.39 is 0 Å². The predicted octanol–water partition coefficient (Wildman–Crippen LogP) is 1.99. The molecule has 15 heavy (non-hydrogen) atoms. The number of hydrogen-bond donors (Lipinski definition) is 1. The molecule has 1 atom stereocenters. The van der Waals surface area contributed by atoms with Crippen molar-refractivity contribution in [3.63, 3.8) is 0 Å². The maximum absolute atomic E-state index is 5.53. The Kier molecular flexibility index (Phi) is 4.29. The Hall–Kier alpha value is -0.870. The molecule has 2 rings (SSSR count). The molecule has 1 aromatic heterocycles. The molecule has 5 heteroatoms. The molecule has 2 N–H and O–H groups in total. The van der Waals surface area contributed by atoms with Crippen molar-refractivity contribution in [1.82, 2.24) is 10.1 Å². The molecule has 0 bridgehead atoms. The fourth-order valence-corrected chi connectivity index (χ4v) is 1.54. The van der Waals surface area contributed by atoms with Crippen LogP contribution in [0.15, 0.2) is 16.7 Å². The van der Waals surface area contributed by atoms with E-state index in [1.165, 1.54) is 0 Å². The number of nitrogens with two attached hydrogens (primary N) is 1. The Morgan fingerprint density at radius 2 is 2.20 bits per heavy atom. The van der Waals surface area contributed by atoms with Crippen molar-refractivity contribution in [2.45, 2.75) is 31.6 Å².